The molecular weight excluding hydrogens is 378 g/mol. The first-order chi connectivity index (χ1) is 14.3. The Kier molecular flexibility index (Phi) is 5.56. The summed E-state index contributed by atoms with van der Waals surface area (Å²) < 4.78 is 12.0. The Labute approximate surface area is 176 Å². The van der Waals surface area contributed by atoms with E-state index in [1.54, 1.807) is 19.1 Å². The van der Waals surface area contributed by atoms with Gasteiger partial charge in [-0.2, -0.15) is 0 Å². The van der Waals surface area contributed by atoms with Gasteiger partial charge in [0.1, 0.15) is 22.8 Å². The van der Waals surface area contributed by atoms with Crippen LogP contribution in [0.25, 0.3) is 11.0 Å². The van der Waals surface area contributed by atoms with Gasteiger partial charge < -0.3 is 14.3 Å². The smallest absolute Gasteiger partial charge is 0.235 e. The predicted octanol–water partition coefficient (Wildman–Crippen LogP) is 5.45. The van der Waals surface area contributed by atoms with Crippen LogP contribution < -0.4 is 10.2 Å². The van der Waals surface area contributed by atoms with Gasteiger partial charge in [-0.3, -0.25) is 9.69 Å². The van der Waals surface area contributed by atoms with Gasteiger partial charge in [0.15, 0.2) is 0 Å². The average Bonchev–Trinajstić information content (AvgIpc) is 2.67. The van der Waals surface area contributed by atoms with Gasteiger partial charge in [0.25, 0.3) is 0 Å². The molecule has 0 radical (unpaired) electrons. The molecule has 0 amide bonds. The minimum absolute atomic E-state index is 0.159. The lowest BCUT2D eigenvalue weighted by atomic mass is 9.99. The van der Waals surface area contributed by atoms with E-state index >= 15 is 0 Å². The van der Waals surface area contributed by atoms with Crippen molar-refractivity contribution in [2.75, 3.05) is 13.1 Å². The number of nitrogens with zero attached hydrogens (tertiary/aromatic N) is 1. The molecule has 158 valence electrons. The van der Waals surface area contributed by atoms with Crippen molar-refractivity contribution in [2.45, 2.75) is 47.1 Å². The van der Waals surface area contributed by atoms with E-state index in [2.05, 4.69) is 17.9 Å². The number of piperidine rings is 1. The van der Waals surface area contributed by atoms with Crippen LogP contribution in [0, 0.1) is 26.7 Å². The summed E-state index contributed by atoms with van der Waals surface area (Å²) in [6.45, 7) is 10.5. The van der Waals surface area contributed by atoms with Crippen molar-refractivity contribution < 1.29 is 14.3 Å². The van der Waals surface area contributed by atoms with Crippen LogP contribution in [-0.4, -0.2) is 23.1 Å². The third-order valence-corrected chi connectivity index (χ3v) is 5.80. The van der Waals surface area contributed by atoms with Crippen LogP contribution in [-0.2, 0) is 6.54 Å². The van der Waals surface area contributed by atoms with E-state index in [1.807, 2.05) is 26.0 Å². The second kappa shape index (κ2) is 8.15. The molecule has 1 fully saturated rings. The summed E-state index contributed by atoms with van der Waals surface area (Å²) >= 11 is 0. The molecule has 1 aliphatic rings. The Hall–Kier alpha value is -2.79. The Morgan fingerprint density at radius 2 is 1.90 bits per heavy atom. The van der Waals surface area contributed by atoms with Crippen molar-refractivity contribution in [3.63, 3.8) is 0 Å². The van der Waals surface area contributed by atoms with E-state index in [4.69, 9.17) is 9.15 Å². The number of benzene rings is 2. The third-order valence-electron chi connectivity index (χ3n) is 5.80. The fourth-order valence-corrected chi connectivity index (χ4v) is 4.43. The van der Waals surface area contributed by atoms with E-state index in [1.165, 1.54) is 6.42 Å². The minimum Gasteiger partial charge on any atom is -0.507 e. The Morgan fingerprint density at radius 3 is 2.60 bits per heavy atom. The highest BCUT2D eigenvalue weighted by atomic mass is 16.5. The third kappa shape index (κ3) is 4.08. The van der Waals surface area contributed by atoms with E-state index in [0.29, 0.717) is 40.5 Å². The molecule has 5 heteroatoms. The number of ether oxygens (including phenoxy) is 1. The molecule has 0 saturated carbocycles. The molecule has 1 aliphatic heterocycles. The lowest BCUT2D eigenvalue weighted by molar-refractivity contribution is 0.175. The highest BCUT2D eigenvalue weighted by Crippen LogP contribution is 2.33. The number of phenols is 1. The molecule has 2 heterocycles. The number of rotatable bonds is 4. The molecule has 1 aromatic heterocycles. The van der Waals surface area contributed by atoms with Crippen LogP contribution >= 0.6 is 0 Å². The Balaban J connectivity index is 1.75. The summed E-state index contributed by atoms with van der Waals surface area (Å²) in [5.74, 6) is 2.00. The summed E-state index contributed by atoms with van der Waals surface area (Å²) in [5, 5.41) is 11.0. The molecule has 3 aromatic rings. The quantitative estimate of drug-likeness (QED) is 0.623. The lowest BCUT2D eigenvalue weighted by Gasteiger charge is -2.31. The molecule has 0 aliphatic carbocycles. The number of likely N-dealkylation sites (tertiary alicyclic amines) is 1. The maximum absolute atomic E-state index is 13.3. The van der Waals surface area contributed by atoms with Gasteiger partial charge in [-0.1, -0.05) is 13.0 Å². The molecule has 2 aromatic carbocycles. The number of hydrogen-bond acceptors (Lipinski definition) is 5. The zero-order chi connectivity index (χ0) is 21.4. The van der Waals surface area contributed by atoms with Crippen LogP contribution in [0.1, 0.15) is 42.2 Å². The number of phenolic OH excluding ortho intramolecular Hbond substituents is 1. The molecule has 30 heavy (non-hydrogen) atoms. The Bertz CT molecular complexity index is 1130. The van der Waals surface area contributed by atoms with E-state index in [9.17, 15) is 9.90 Å². The molecular formula is C25H29NO4. The van der Waals surface area contributed by atoms with Gasteiger partial charge in [-0.15, -0.1) is 0 Å². The van der Waals surface area contributed by atoms with E-state index in [-0.39, 0.29) is 16.9 Å². The van der Waals surface area contributed by atoms with Gasteiger partial charge in [-0.25, -0.2) is 0 Å². The maximum Gasteiger partial charge on any atom is 0.235 e. The molecule has 4 rings (SSSR count). The van der Waals surface area contributed by atoms with Crippen molar-refractivity contribution in [2.24, 2.45) is 5.92 Å². The van der Waals surface area contributed by atoms with Crippen LogP contribution in [0.15, 0.2) is 39.5 Å². The fraction of sp³-hybridized carbons (Fsp3) is 0.400. The lowest BCUT2D eigenvalue weighted by Crippen LogP contribution is -2.33. The molecule has 0 spiro atoms. The van der Waals surface area contributed by atoms with Crippen LogP contribution in [0.2, 0.25) is 0 Å². The number of aromatic hydroxyl groups is 1. The van der Waals surface area contributed by atoms with Crippen molar-refractivity contribution >= 4 is 11.0 Å². The normalized spacial score (nSPS) is 17.4. The topological polar surface area (TPSA) is 62.9 Å². The number of aryl methyl sites for hydroxylation is 3. The van der Waals surface area contributed by atoms with E-state index < -0.39 is 0 Å². The summed E-state index contributed by atoms with van der Waals surface area (Å²) in [6.07, 6.45) is 2.37. The van der Waals surface area contributed by atoms with Crippen LogP contribution in [0.5, 0.6) is 17.2 Å². The van der Waals surface area contributed by atoms with Gasteiger partial charge in [0.05, 0.1) is 10.9 Å². The van der Waals surface area contributed by atoms with Gasteiger partial charge in [0.2, 0.25) is 11.2 Å². The highest BCUT2D eigenvalue weighted by Gasteiger charge is 2.22. The molecule has 0 unspecified atom stereocenters. The standard InChI is InChI=1S/C25H29NO4/c1-15-6-5-9-26(13-15)14-21-22(27)8-7-20-23(28)24(18(4)29-25(20)21)30-19-11-16(2)10-17(3)12-19/h7-8,10-12,15,27H,5-6,9,13-14H2,1-4H3/t15-/m0/s1. The first kappa shape index (κ1) is 20.5. The first-order valence-electron chi connectivity index (χ1n) is 10.6. The number of hydrogen-bond donors (Lipinski definition) is 1. The second-order valence-electron chi connectivity index (χ2n) is 8.66. The van der Waals surface area contributed by atoms with E-state index in [0.717, 1.165) is 30.6 Å². The summed E-state index contributed by atoms with van der Waals surface area (Å²) in [7, 11) is 0. The van der Waals surface area contributed by atoms with Gasteiger partial charge in [0, 0.05) is 13.1 Å². The van der Waals surface area contributed by atoms with Crippen LogP contribution in [0.3, 0.4) is 0 Å². The Morgan fingerprint density at radius 1 is 1.17 bits per heavy atom. The largest absolute Gasteiger partial charge is 0.507 e. The highest BCUT2D eigenvalue weighted by molar-refractivity contribution is 5.83. The second-order valence-corrected chi connectivity index (χ2v) is 8.66. The molecule has 1 atom stereocenters. The zero-order valence-electron chi connectivity index (χ0n) is 18.1. The molecule has 0 bridgehead atoms. The SMILES string of the molecule is Cc1cc(C)cc(Oc2c(C)oc3c(CN4CCC[C@H](C)C4)c(O)ccc3c2=O)c1. The van der Waals surface area contributed by atoms with Gasteiger partial charge in [-0.05, 0) is 81.5 Å². The minimum atomic E-state index is -0.221. The summed E-state index contributed by atoms with van der Waals surface area (Å²) in [4.78, 5) is 15.6. The molecule has 1 saturated heterocycles. The zero-order valence-corrected chi connectivity index (χ0v) is 18.1. The van der Waals surface area contributed by atoms with Crippen molar-refractivity contribution in [1.82, 2.24) is 4.90 Å². The number of fused-ring (bicyclic) bond motifs is 1. The average molecular weight is 408 g/mol. The summed E-state index contributed by atoms with van der Waals surface area (Å²) in [5.41, 5.74) is 3.02. The monoisotopic (exact) mass is 407 g/mol. The predicted molar refractivity (Wildman–Crippen MR) is 119 cm³/mol. The van der Waals surface area contributed by atoms with Crippen molar-refractivity contribution in [3.05, 3.63) is 63.0 Å². The van der Waals surface area contributed by atoms with Gasteiger partial charge >= 0.3 is 0 Å². The summed E-state index contributed by atoms with van der Waals surface area (Å²) in [6, 6.07) is 9.05. The molecule has 1 N–H and O–H groups in total. The first-order valence-corrected chi connectivity index (χ1v) is 10.6. The maximum atomic E-state index is 13.3. The van der Waals surface area contributed by atoms with Crippen molar-refractivity contribution in [1.29, 1.82) is 0 Å². The van der Waals surface area contributed by atoms with Crippen LogP contribution in [0.4, 0.5) is 0 Å². The van der Waals surface area contributed by atoms with Crippen molar-refractivity contribution in [3.8, 4) is 17.2 Å². The fourth-order valence-electron chi connectivity index (χ4n) is 4.43. The molecule has 5 nitrogen and oxygen atoms in total.